The van der Waals surface area contributed by atoms with E-state index in [1.807, 2.05) is 56.3 Å². The van der Waals surface area contributed by atoms with Crippen LogP contribution in [0, 0.1) is 13.8 Å². The molecule has 6 N–H and O–H groups in total. The van der Waals surface area contributed by atoms with Crippen molar-refractivity contribution in [1.29, 1.82) is 0 Å². The molecule has 0 saturated carbocycles. The number of nitrogens with two attached hydrogens (primary N) is 2. The van der Waals surface area contributed by atoms with Crippen molar-refractivity contribution in [2.45, 2.75) is 60.3 Å². The number of hydrogen-bond acceptors (Lipinski definition) is 11. The summed E-state index contributed by atoms with van der Waals surface area (Å²) in [6.45, 7) is 13.2. The Hall–Kier alpha value is -7.06. The van der Waals surface area contributed by atoms with Crippen LogP contribution in [0.3, 0.4) is 0 Å². The standard InChI is InChI=1S/C43H53N13O7/c1-7-55-32(20-26(3)50-55)40(59)48-42-47-31-23-29(39(45)58)25-35(63-17-11-12-52-15-18-62-19-16-52)37(31)54(42)14-10-9-13-53-36-30(22-28(38(44)57)24-34(36)61-6)46-43(53)49-41(60)33-21-27(4)51(5)56(33)8-2/h9-10,20-25H,7-8,11-19H2,1-6H3,(H5-,44,45,46,47,48,49,57,58,59,60)/p+1/b10-9+. The Morgan fingerprint density at radius 3 is 2.00 bits per heavy atom. The van der Waals surface area contributed by atoms with Crippen LogP contribution < -0.4 is 36.3 Å². The molecule has 4 aromatic heterocycles. The molecule has 1 fully saturated rings. The van der Waals surface area contributed by atoms with Gasteiger partial charge in [-0.05, 0) is 64.4 Å². The van der Waals surface area contributed by atoms with Gasteiger partial charge in [-0.3, -0.25) is 39.4 Å². The number of anilines is 2. The molecule has 0 radical (unpaired) electrons. The number of aromatic nitrogens is 8. The zero-order valence-electron chi connectivity index (χ0n) is 36.4. The number of fused-ring (bicyclic) bond motifs is 2. The van der Waals surface area contributed by atoms with E-state index in [2.05, 4.69) is 20.6 Å². The van der Waals surface area contributed by atoms with Gasteiger partial charge >= 0.3 is 5.91 Å². The number of aryl methyl sites for hydroxylation is 3. The first-order chi connectivity index (χ1) is 30.3. The van der Waals surface area contributed by atoms with E-state index in [-0.39, 0.29) is 42.0 Å². The summed E-state index contributed by atoms with van der Waals surface area (Å²) in [5.41, 5.74) is 16.0. The maximum Gasteiger partial charge on any atom is 0.325 e. The predicted octanol–water partition coefficient (Wildman–Crippen LogP) is 2.93. The number of benzene rings is 2. The van der Waals surface area contributed by atoms with Gasteiger partial charge in [-0.25, -0.2) is 9.97 Å². The summed E-state index contributed by atoms with van der Waals surface area (Å²) in [5.74, 6) is -1.01. The van der Waals surface area contributed by atoms with Crippen LogP contribution in [0.5, 0.6) is 11.5 Å². The number of primary amides is 2. The molecule has 5 heterocycles. The second-order valence-electron chi connectivity index (χ2n) is 15.1. The van der Waals surface area contributed by atoms with E-state index in [4.69, 9.17) is 35.6 Å². The van der Waals surface area contributed by atoms with E-state index in [0.29, 0.717) is 90.0 Å². The average Bonchev–Trinajstić information content (AvgIpc) is 4.01. The molecule has 0 spiro atoms. The van der Waals surface area contributed by atoms with E-state index in [0.717, 1.165) is 25.3 Å². The van der Waals surface area contributed by atoms with E-state index in [1.165, 1.54) is 13.2 Å². The van der Waals surface area contributed by atoms with Crippen LogP contribution in [-0.2, 0) is 38.0 Å². The van der Waals surface area contributed by atoms with Crippen molar-refractivity contribution in [2.75, 3.05) is 57.2 Å². The number of amides is 4. The molecule has 1 aliphatic rings. The maximum absolute atomic E-state index is 13.8. The van der Waals surface area contributed by atoms with E-state index < -0.39 is 17.7 Å². The number of rotatable bonds is 18. The zero-order valence-corrected chi connectivity index (χ0v) is 36.4. The molecule has 0 aliphatic carbocycles. The van der Waals surface area contributed by atoms with Gasteiger partial charge in [0.05, 0.1) is 56.4 Å². The van der Waals surface area contributed by atoms with Crippen LogP contribution in [0.15, 0.2) is 48.6 Å². The second-order valence-corrected chi connectivity index (χ2v) is 15.1. The van der Waals surface area contributed by atoms with Crippen molar-refractivity contribution in [3.63, 3.8) is 0 Å². The van der Waals surface area contributed by atoms with Crippen LogP contribution in [0.2, 0.25) is 0 Å². The Labute approximate surface area is 363 Å². The average molecular weight is 865 g/mol. The SMILES string of the molecule is CCn1nc(C)cc1C(=O)Nc1nc2cc(C(N)=O)cc(OCCCN3CCOCC3)c2n1C/C=C/Cn1c(NC(=O)c2cc(C)n(C)[n+]2CC)nc2cc(C(N)=O)cc(OC)c21. The lowest BCUT2D eigenvalue weighted by atomic mass is 10.1. The summed E-state index contributed by atoms with van der Waals surface area (Å²) in [6.07, 6.45) is 4.45. The fraction of sp³-hybridized carbons (Fsp3) is 0.395. The number of nitrogens with one attached hydrogen (secondary N) is 2. The molecule has 20 heteroatoms. The van der Waals surface area contributed by atoms with Crippen LogP contribution in [-0.4, -0.2) is 109 Å². The summed E-state index contributed by atoms with van der Waals surface area (Å²) in [4.78, 5) is 64.4. The first-order valence-corrected chi connectivity index (χ1v) is 20.8. The fourth-order valence-corrected chi connectivity index (χ4v) is 7.79. The van der Waals surface area contributed by atoms with Crippen molar-refractivity contribution in [1.82, 2.24) is 38.5 Å². The number of allylic oxidation sites excluding steroid dienone is 2. The summed E-state index contributed by atoms with van der Waals surface area (Å²) in [5, 5.41) is 10.4. The van der Waals surface area contributed by atoms with Gasteiger partial charge in [0.15, 0.2) is 6.54 Å². The summed E-state index contributed by atoms with van der Waals surface area (Å²) in [7, 11) is 3.36. The minimum absolute atomic E-state index is 0.176. The third-order valence-corrected chi connectivity index (χ3v) is 11.0. The molecule has 332 valence electrons. The number of imidazole rings is 2. The van der Waals surface area contributed by atoms with E-state index >= 15 is 0 Å². The van der Waals surface area contributed by atoms with Crippen LogP contribution >= 0.6 is 0 Å². The van der Waals surface area contributed by atoms with E-state index in [9.17, 15) is 19.2 Å². The molecule has 0 unspecified atom stereocenters. The van der Waals surface area contributed by atoms with Gasteiger partial charge in [-0.15, -0.1) is 4.68 Å². The van der Waals surface area contributed by atoms with Gasteiger partial charge in [-0.2, -0.15) is 9.78 Å². The quantitative estimate of drug-likeness (QED) is 0.0557. The first-order valence-electron chi connectivity index (χ1n) is 20.8. The molecular formula is C43H54N13O7+. The Morgan fingerprint density at radius 1 is 0.841 bits per heavy atom. The molecule has 0 atom stereocenters. The van der Waals surface area contributed by atoms with Crippen LogP contribution in [0.25, 0.3) is 22.1 Å². The van der Waals surface area contributed by atoms with Crippen LogP contribution in [0.1, 0.15) is 73.3 Å². The molecule has 2 aromatic carbocycles. The van der Waals surface area contributed by atoms with Crippen molar-refractivity contribution in [3.05, 3.63) is 82.5 Å². The summed E-state index contributed by atoms with van der Waals surface area (Å²) >= 11 is 0. The molecule has 1 aliphatic heterocycles. The van der Waals surface area contributed by atoms with Crippen molar-refractivity contribution < 1.29 is 38.1 Å². The largest absolute Gasteiger partial charge is 0.494 e. The number of carbonyl (C=O) groups excluding carboxylic acids is 4. The van der Waals surface area contributed by atoms with Gasteiger partial charge in [0.25, 0.3) is 11.6 Å². The van der Waals surface area contributed by atoms with Gasteiger partial charge < -0.3 is 34.8 Å². The highest BCUT2D eigenvalue weighted by atomic mass is 16.5. The predicted molar refractivity (Wildman–Crippen MR) is 234 cm³/mol. The van der Waals surface area contributed by atoms with Gasteiger partial charge in [0.2, 0.25) is 23.7 Å². The Morgan fingerprint density at radius 2 is 1.43 bits per heavy atom. The maximum atomic E-state index is 13.8. The molecular weight excluding hydrogens is 811 g/mol. The summed E-state index contributed by atoms with van der Waals surface area (Å²) in [6, 6.07) is 9.76. The lowest BCUT2D eigenvalue weighted by Crippen LogP contribution is -2.46. The lowest BCUT2D eigenvalue weighted by molar-refractivity contribution is -0.772. The Balaban J connectivity index is 1.26. The van der Waals surface area contributed by atoms with Crippen molar-refractivity contribution >= 4 is 57.6 Å². The molecule has 0 bridgehead atoms. The molecule has 20 nitrogen and oxygen atoms in total. The molecule has 63 heavy (non-hydrogen) atoms. The first kappa shape index (κ1) is 44.0. The summed E-state index contributed by atoms with van der Waals surface area (Å²) < 4.78 is 26.5. The van der Waals surface area contributed by atoms with Gasteiger partial charge in [0.1, 0.15) is 28.2 Å². The molecule has 7 rings (SSSR count). The normalized spacial score (nSPS) is 13.3. The number of ether oxygens (including phenoxy) is 3. The Bertz CT molecular complexity index is 2740. The van der Waals surface area contributed by atoms with Gasteiger partial charge in [-0.1, -0.05) is 12.2 Å². The number of nitrogens with zero attached hydrogens (tertiary/aromatic N) is 9. The topological polar surface area (TPSA) is 238 Å². The third-order valence-electron chi connectivity index (χ3n) is 11.0. The minimum atomic E-state index is -0.660. The van der Waals surface area contributed by atoms with Gasteiger partial charge in [0, 0.05) is 56.5 Å². The number of carbonyl (C=O) groups is 4. The molecule has 6 aromatic rings. The van der Waals surface area contributed by atoms with Crippen LogP contribution in [0.4, 0.5) is 11.9 Å². The van der Waals surface area contributed by atoms with Crippen molar-refractivity contribution in [3.8, 4) is 11.5 Å². The monoisotopic (exact) mass is 864 g/mol. The smallest absolute Gasteiger partial charge is 0.325 e. The number of hydrogen-bond donors (Lipinski definition) is 4. The number of methoxy groups -OCH3 is 1. The van der Waals surface area contributed by atoms with Crippen molar-refractivity contribution in [2.24, 2.45) is 18.5 Å². The highest BCUT2D eigenvalue weighted by Crippen LogP contribution is 2.33. The lowest BCUT2D eigenvalue weighted by Gasteiger charge is -2.26. The highest BCUT2D eigenvalue weighted by molar-refractivity contribution is 6.05. The molecule has 4 amide bonds. The molecule has 1 saturated heterocycles. The van der Waals surface area contributed by atoms with E-state index in [1.54, 1.807) is 44.1 Å². The number of morpholine rings is 1. The highest BCUT2D eigenvalue weighted by Gasteiger charge is 2.27. The Kier molecular flexibility index (Phi) is 13.2. The fourth-order valence-electron chi connectivity index (χ4n) is 7.79. The second kappa shape index (κ2) is 18.9. The minimum Gasteiger partial charge on any atom is -0.494 e. The third kappa shape index (κ3) is 9.26. The zero-order chi connectivity index (χ0) is 44.9.